The molecule has 7 nitrogen and oxygen atoms in total. The molecule has 1 atom stereocenters. The summed E-state index contributed by atoms with van der Waals surface area (Å²) in [5, 5.41) is 5.58. The van der Waals surface area contributed by atoms with Crippen molar-refractivity contribution >= 4 is 28.7 Å². The molecule has 0 aliphatic carbocycles. The zero-order valence-corrected chi connectivity index (χ0v) is 16.5. The van der Waals surface area contributed by atoms with E-state index in [1.54, 1.807) is 15.4 Å². The summed E-state index contributed by atoms with van der Waals surface area (Å²) >= 11 is 1.54. The van der Waals surface area contributed by atoms with Crippen LogP contribution in [-0.2, 0) is 4.79 Å². The van der Waals surface area contributed by atoms with Crippen LogP contribution in [0, 0.1) is 6.92 Å². The second kappa shape index (κ2) is 6.77. The molecule has 28 heavy (non-hydrogen) atoms. The molecule has 1 unspecified atom stereocenters. The molecule has 0 radical (unpaired) electrons. The van der Waals surface area contributed by atoms with E-state index in [-0.39, 0.29) is 17.5 Å². The zero-order chi connectivity index (χ0) is 19.3. The van der Waals surface area contributed by atoms with Gasteiger partial charge in [-0.15, -0.1) is 0 Å². The highest BCUT2D eigenvalue weighted by Gasteiger charge is 2.31. The molecule has 5 rings (SSSR count). The van der Waals surface area contributed by atoms with Gasteiger partial charge in [0, 0.05) is 25.3 Å². The first-order valence-corrected chi connectivity index (χ1v) is 10.6. The molecule has 8 heteroatoms. The van der Waals surface area contributed by atoms with E-state index in [1.807, 2.05) is 36.1 Å². The number of hydrogen-bond acceptors (Lipinski definition) is 5. The SMILES string of the molecule is Cc1cccc(-n2ncc3c(=O)n4c(nc32)SCC4CC(=O)N2CCCC2)c1. The Balaban J connectivity index is 1.53. The smallest absolute Gasteiger partial charge is 0.265 e. The highest BCUT2D eigenvalue weighted by atomic mass is 32.2. The standard InChI is InChI=1S/C20H21N5O2S/c1-13-5-4-6-14(9-13)25-18-16(11-21-25)19(27)24-15(12-28-20(24)22-18)10-17(26)23-7-2-3-8-23/h4-6,9,11,15H,2-3,7-8,10,12H2,1H3. The summed E-state index contributed by atoms with van der Waals surface area (Å²) in [4.78, 5) is 32.4. The molecular weight excluding hydrogens is 374 g/mol. The first-order chi connectivity index (χ1) is 13.6. The maximum Gasteiger partial charge on any atom is 0.265 e. The van der Waals surface area contributed by atoms with Crippen molar-refractivity contribution in [2.75, 3.05) is 18.8 Å². The van der Waals surface area contributed by atoms with E-state index in [0.717, 1.165) is 37.2 Å². The van der Waals surface area contributed by atoms with Gasteiger partial charge in [0.05, 0.1) is 17.9 Å². The zero-order valence-electron chi connectivity index (χ0n) is 15.7. The molecule has 144 valence electrons. The summed E-state index contributed by atoms with van der Waals surface area (Å²) in [6.07, 6.45) is 4.09. The third-order valence-electron chi connectivity index (χ3n) is 5.49. The van der Waals surface area contributed by atoms with E-state index >= 15 is 0 Å². The van der Waals surface area contributed by atoms with Gasteiger partial charge in [-0.25, -0.2) is 9.67 Å². The number of thioether (sulfide) groups is 1. The van der Waals surface area contributed by atoms with Crippen LogP contribution in [0.4, 0.5) is 0 Å². The van der Waals surface area contributed by atoms with Crippen LogP contribution in [0.25, 0.3) is 16.7 Å². The highest BCUT2D eigenvalue weighted by Crippen LogP contribution is 2.34. The number of nitrogens with zero attached hydrogens (tertiary/aromatic N) is 5. The van der Waals surface area contributed by atoms with Gasteiger partial charge in [-0.3, -0.25) is 14.2 Å². The van der Waals surface area contributed by atoms with E-state index in [9.17, 15) is 9.59 Å². The maximum atomic E-state index is 13.2. The molecule has 2 aliphatic heterocycles. The minimum Gasteiger partial charge on any atom is -0.343 e. The Morgan fingerprint density at radius 2 is 2.11 bits per heavy atom. The van der Waals surface area contributed by atoms with Gasteiger partial charge in [0.25, 0.3) is 5.56 Å². The van der Waals surface area contributed by atoms with Gasteiger partial charge in [0.15, 0.2) is 10.8 Å². The summed E-state index contributed by atoms with van der Waals surface area (Å²) in [6, 6.07) is 7.82. The van der Waals surface area contributed by atoms with Crippen LogP contribution in [0.1, 0.15) is 30.9 Å². The van der Waals surface area contributed by atoms with Gasteiger partial charge in [-0.1, -0.05) is 23.9 Å². The number of carbonyl (C=O) groups excluding carboxylic acids is 1. The second-order valence-corrected chi connectivity index (χ2v) is 8.45. The monoisotopic (exact) mass is 395 g/mol. The van der Waals surface area contributed by atoms with Crippen molar-refractivity contribution in [1.29, 1.82) is 0 Å². The van der Waals surface area contributed by atoms with Gasteiger partial charge in [-0.2, -0.15) is 5.10 Å². The van der Waals surface area contributed by atoms with Crippen molar-refractivity contribution in [1.82, 2.24) is 24.2 Å². The van der Waals surface area contributed by atoms with Crippen molar-refractivity contribution in [2.45, 2.75) is 37.4 Å². The van der Waals surface area contributed by atoms with Crippen molar-refractivity contribution in [2.24, 2.45) is 0 Å². The second-order valence-electron chi connectivity index (χ2n) is 7.46. The summed E-state index contributed by atoms with van der Waals surface area (Å²) < 4.78 is 3.41. The number of benzene rings is 1. The number of aryl methyl sites for hydroxylation is 1. The normalized spacial score (nSPS) is 18.8. The minimum absolute atomic E-state index is 0.108. The van der Waals surface area contributed by atoms with Crippen molar-refractivity contribution in [3.8, 4) is 5.69 Å². The molecule has 0 saturated carbocycles. The van der Waals surface area contributed by atoms with Crippen molar-refractivity contribution in [3.05, 3.63) is 46.4 Å². The Kier molecular flexibility index (Phi) is 4.23. The molecule has 3 aromatic rings. The van der Waals surface area contributed by atoms with Crippen LogP contribution in [-0.4, -0.2) is 49.0 Å². The van der Waals surface area contributed by atoms with Crippen LogP contribution in [0.5, 0.6) is 0 Å². The molecule has 1 fully saturated rings. The van der Waals surface area contributed by atoms with E-state index in [1.165, 1.54) is 11.8 Å². The van der Waals surface area contributed by atoms with Crippen LogP contribution in [0.15, 0.2) is 40.4 Å². The molecule has 0 N–H and O–H groups in total. The fraction of sp³-hybridized carbons (Fsp3) is 0.400. The average molecular weight is 395 g/mol. The number of amides is 1. The Bertz CT molecular complexity index is 1130. The van der Waals surface area contributed by atoms with E-state index in [4.69, 9.17) is 4.98 Å². The lowest BCUT2D eigenvalue weighted by Crippen LogP contribution is -2.32. The van der Waals surface area contributed by atoms with Crippen molar-refractivity contribution in [3.63, 3.8) is 0 Å². The molecular formula is C20H21N5O2S. The first-order valence-electron chi connectivity index (χ1n) is 9.60. The summed E-state index contributed by atoms with van der Waals surface area (Å²) in [5.74, 6) is 0.838. The van der Waals surface area contributed by atoms with Gasteiger partial charge >= 0.3 is 0 Å². The fourth-order valence-corrected chi connectivity index (χ4v) is 5.16. The third kappa shape index (κ3) is 2.83. The van der Waals surface area contributed by atoms with Crippen LogP contribution < -0.4 is 5.56 Å². The molecule has 2 aromatic heterocycles. The molecule has 1 aromatic carbocycles. The third-order valence-corrected chi connectivity index (χ3v) is 6.58. The molecule has 2 aliphatic rings. The number of carbonyl (C=O) groups is 1. The Hall–Kier alpha value is -2.61. The lowest BCUT2D eigenvalue weighted by molar-refractivity contribution is -0.130. The number of rotatable bonds is 3. The predicted octanol–water partition coefficient (Wildman–Crippen LogP) is 2.55. The van der Waals surface area contributed by atoms with Crippen LogP contribution in [0.2, 0.25) is 0 Å². The van der Waals surface area contributed by atoms with E-state index < -0.39 is 0 Å². The lowest BCUT2D eigenvalue weighted by atomic mass is 10.2. The Labute approximate surface area is 166 Å². The minimum atomic E-state index is -0.139. The van der Waals surface area contributed by atoms with Gasteiger partial charge in [0.1, 0.15) is 5.39 Å². The molecule has 1 saturated heterocycles. The van der Waals surface area contributed by atoms with Gasteiger partial charge < -0.3 is 4.90 Å². The molecule has 0 spiro atoms. The summed E-state index contributed by atoms with van der Waals surface area (Å²) in [5.41, 5.74) is 2.47. The fourth-order valence-electron chi connectivity index (χ4n) is 4.03. The van der Waals surface area contributed by atoms with Crippen LogP contribution in [0.3, 0.4) is 0 Å². The predicted molar refractivity (Wildman–Crippen MR) is 108 cm³/mol. The quantitative estimate of drug-likeness (QED) is 0.637. The maximum absolute atomic E-state index is 13.2. The van der Waals surface area contributed by atoms with E-state index in [0.29, 0.717) is 28.4 Å². The van der Waals surface area contributed by atoms with Crippen LogP contribution >= 0.6 is 11.8 Å². The highest BCUT2D eigenvalue weighted by molar-refractivity contribution is 7.99. The van der Waals surface area contributed by atoms with E-state index in [2.05, 4.69) is 5.10 Å². The number of hydrogen-bond donors (Lipinski definition) is 0. The lowest BCUT2D eigenvalue weighted by Gasteiger charge is -2.19. The Morgan fingerprint density at radius 3 is 2.89 bits per heavy atom. The summed E-state index contributed by atoms with van der Waals surface area (Å²) in [7, 11) is 0. The largest absolute Gasteiger partial charge is 0.343 e. The van der Waals surface area contributed by atoms with Gasteiger partial charge in [0.2, 0.25) is 5.91 Å². The average Bonchev–Trinajstić information content (AvgIpc) is 3.42. The van der Waals surface area contributed by atoms with Gasteiger partial charge in [-0.05, 0) is 37.5 Å². The molecule has 4 heterocycles. The Morgan fingerprint density at radius 1 is 1.29 bits per heavy atom. The number of likely N-dealkylation sites (tertiary alicyclic amines) is 1. The number of aromatic nitrogens is 4. The topological polar surface area (TPSA) is 73.0 Å². The number of fused-ring (bicyclic) bond motifs is 2. The first kappa shape index (κ1) is 17.5. The molecule has 0 bridgehead atoms. The van der Waals surface area contributed by atoms with Crippen molar-refractivity contribution < 1.29 is 4.79 Å². The summed E-state index contributed by atoms with van der Waals surface area (Å²) in [6.45, 7) is 3.69. The molecule has 1 amide bonds.